The van der Waals surface area contributed by atoms with Crippen molar-refractivity contribution in [3.63, 3.8) is 0 Å². The molecular weight excluding hydrogens is 356 g/mol. The maximum absolute atomic E-state index is 13.5. The van der Waals surface area contributed by atoms with Crippen molar-refractivity contribution in [2.75, 3.05) is 5.32 Å². The molecule has 0 aliphatic heterocycles. The van der Waals surface area contributed by atoms with Gasteiger partial charge in [0.25, 0.3) is 5.91 Å². The highest BCUT2D eigenvalue weighted by Gasteiger charge is 2.33. The molecule has 1 N–H and O–H groups in total. The second-order valence-corrected chi connectivity index (χ2v) is 9.63. The van der Waals surface area contributed by atoms with E-state index in [-0.39, 0.29) is 35.4 Å². The van der Waals surface area contributed by atoms with Crippen LogP contribution in [0.15, 0.2) is 54.6 Å². The molecule has 1 amide bonds. The molecule has 0 unspecified atom stereocenters. The molecule has 0 fully saturated rings. The van der Waals surface area contributed by atoms with Crippen molar-refractivity contribution in [1.82, 2.24) is 4.90 Å². The summed E-state index contributed by atoms with van der Waals surface area (Å²) < 4.78 is 0. The molecule has 3 heteroatoms. The molecule has 2 rings (SSSR count). The molecule has 0 aromatic heterocycles. The van der Waals surface area contributed by atoms with Crippen molar-refractivity contribution in [2.24, 2.45) is 5.41 Å². The van der Waals surface area contributed by atoms with E-state index < -0.39 is 0 Å². The first-order valence-corrected chi connectivity index (χ1v) is 10.8. The highest BCUT2D eigenvalue weighted by atomic mass is 16.2. The predicted molar refractivity (Wildman–Crippen MR) is 125 cm³/mol. The topological polar surface area (TPSA) is 32.3 Å². The van der Waals surface area contributed by atoms with E-state index >= 15 is 0 Å². The van der Waals surface area contributed by atoms with Crippen molar-refractivity contribution in [2.45, 2.75) is 79.4 Å². The van der Waals surface area contributed by atoms with E-state index in [9.17, 15) is 4.79 Å². The Kier molecular flexibility index (Phi) is 7.51. The first-order chi connectivity index (χ1) is 13.5. The Balaban J connectivity index is 2.45. The number of nitrogens with zero attached hydrogens (tertiary/aromatic N) is 1. The van der Waals surface area contributed by atoms with Crippen LogP contribution in [0, 0.1) is 5.41 Å². The minimum absolute atomic E-state index is 0.0151. The SMILES string of the molecule is CC(C)N(C(=O)c1ccccc1[C@H](C)[C@H](Nc1ccccc1)C(C)(C)C)C(C)C. The average molecular weight is 395 g/mol. The Morgan fingerprint density at radius 2 is 1.34 bits per heavy atom. The van der Waals surface area contributed by atoms with Gasteiger partial charge in [0.1, 0.15) is 0 Å². The van der Waals surface area contributed by atoms with E-state index in [0.717, 1.165) is 16.8 Å². The summed E-state index contributed by atoms with van der Waals surface area (Å²) in [5.74, 6) is 0.279. The molecule has 2 atom stereocenters. The summed E-state index contributed by atoms with van der Waals surface area (Å²) in [6.45, 7) is 17.3. The van der Waals surface area contributed by atoms with Gasteiger partial charge < -0.3 is 10.2 Å². The molecule has 2 aromatic rings. The molecule has 0 radical (unpaired) electrons. The quantitative estimate of drug-likeness (QED) is 0.575. The molecule has 0 heterocycles. The van der Waals surface area contributed by atoms with Crippen LogP contribution in [0.5, 0.6) is 0 Å². The molecule has 0 saturated carbocycles. The van der Waals surface area contributed by atoms with E-state index in [1.165, 1.54) is 0 Å². The van der Waals surface area contributed by atoms with Crippen molar-refractivity contribution >= 4 is 11.6 Å². The van der Waals surface area contributed by atoms with Gasteiger partial charge in [-0.2, -0.15) is 0 Å². The molecule has 3 nitrogen and oxygen atoms in total. The van der Waals surface area contributed by atoms with Crippen molar-refractivity contribution in [3.8, 4) is 0 Å². The van der Waals surface area contributed by atoms with Gasteiger partial charge in [0.15, 0.2) is 0 Å². The molecule has 2 aromatic carbocycles. The van der Waals surface area contributed by atoms with Gasteiger partial charge in [-0.05, 0) is 56.9 Å². The molecule has 0 saturated heterocycles. The molecule has 29 heavy (non-hydrogen) atoms. The number of carbonyl (C=O) groups is 1. The largest absolute Gasteiger partial charge is 0.381 e. The van der Waals surface area contributed by atoms with Gasteiger partial charge in [0.05, 0.1) is 0 Å². The summed E-state index contributed by atoms with van der Waals surface area (Å²) in [5, 5.41) is 3.73. The van der Waals surface area contributed by atoms with Crippen LogP contribution >= 0.6 is 0 Å². The lowest BCUT2D eigenvalue weighted by molar-refractivity contribution is 0.0641. The van der Waals surface area contributed by atoms with Crippen molar-refractivity contribution in [1.29, 1.82) is 0 Å². The van der Waals surface area contributed by atoms with Gasteiger partial charge in [0.2, 0.25) is 0 Å². The van der Waals surface area contributed by atoms with Crippen molar-refractivity contribution < 1.29 is 4.79 Å². The van der Waals surface area contributed by atoms with E-state index in [1.807, 2.05) is 41.3 Å². The summed E-state index contributed by atoms with van der Waals surface area (Å²) in [4.78, 5) is 15.5. The van der Waals surface area contributed by atoms with Crippen LogP contribution in [0.4, 0.5) is 5.69 Å². The number of benzene rings is 2. The van der Waals surface area contributed by atoms with E-state index in [2.05, 4.69) is 78.9 Å². The van der Waals surface area contributed by atoms with E-state index in [4.69, 9.17) is 0 Å². The lowest BCUT2D eigenvalue weighted by atomic mass is 9.75. The van der Waals surface area contributed by atoms with Crippen LogP contribution in [0.1, 0.15) is 77.2 Å². The third-order valence-electron chi connectivity index (χ3n) is 5.56. The lowest BCUT2D eigenvalue weighted by Gasteiger charge is -2.38. The number of para-hydroxylation sites is 1. The smallest absolute Gasteiger partial charge is 0.254 e. The maximum atomic E-state index is 13.5. The van der Waals surface area contributed by atoms with Crippen LogP contribution in [-0.4, -0.2) is 28.9 Å². The first kappa shape index (κ1) is 23.0. The summed E-state index contributed by atoms with van der Waals surface area (Å²) in [5.41, 5.74) is 3.04. The van der Waals surface area contributed by atoms with Gasteiger partial charge in [-0.3, -0.25) is 4.79 Å². The van der Waals surface area contributed by atoms with Crippen LogP contribution < -0.4 is 5.32 Å². The number of rotatable bonds is 7. The number of amides is 1. The molecule has 0 spiro atoms. The summed E-state index contributed by atoms with van der Waals surface area (Å²) >= 11 is 0. The van der Waals surface area contributed by atoms with E-state index in [1.54, 1.807) is 0 Å². The third kappa shape index (κ3) is 5.62. The second-order valence-electron chi connectivity index (χ2n) is 9.63. The normalized spacial score (nSPS) is 14.0. The first-order valence-electron chi connectivity index (χ1n) is 10.8. The lowest BCUT2D eigenvalue weighted by Crippen LogP contribution is -2.43. The van der Waals surface area contributed by atoms with Gasteiger partial charge in [0, 0.05) is 35.3 Å². The minimum Gasteiger partial charge on any atom is -0.381 e. The molecule has 0 bridgehead atoms. The maximum Gasteiger partial charge on any atom is 0.254 e. The molecular formula is C26H38N2O. The number of hydrogen-bond acceptors (Lipinski definition) is 2. The van der Waals surface area contributed by atoms with Crippen LogP contribution in [-0.2, 0) is 0 Å². The fourth-order valence-electron chi connectivity index (χ4n) is 4.28. The zero-order valence-corrected chi connectivity index (χ0v) is 19.4. The Morgan fingerprint density at radius 1 is 0.828 bits per heavy atom. The zero-order valence-electron chi connectivity index (χ0n) is 19.4. The number of anilines is 1. The molecule has 158 valence electrons. The Bertz CT molecular complexity index is 782. The van der Waals surface area contributed by atoms with Gasteiger partial charge in [-0.1, -0.05) is 64.1 Å². The van der Waals surface area contributed by atoms with Crippen LogP contribution in [0.3, 0.4) is 0 Å². The summed E-state index contributed by atoms with van der Waals surface area (Å²) in [7, 11) is 0. The number of hydrogen-bond donors (Lipinski definition) is 1. The van der Waals surface area contributed by atoms with Crippen LogP contribution in [0.25, 0.3) is 0 Å². The minimum atomic E-state index is 0.0151. The van der Waals surface area contributed by atoms with E-state index in [0.29, 0.717) is 0 Å². The number of carbonyl (C=O) groups excluding carboxylic acids is 1. The highest BCUT2D eigenvalue weighted by molar-refractivity contribution is 5.96. The predicted octanol–water partition coefficient (Wildman–Crippen LogP) is 6.58. The standard InChI is InChI=1S/C26H38N2O/c1-18(2)28(19(3)4)25(29)23-17-13-12-16-22(23)20(5)24(26(6,7)8)27-21-14-10-9-11-15-21/h9-20,24,27H,1-8H3/t20-,24-/m0/s1. The Hall–Kier alpha value is -2.29. The Morgan fingerprint density at radius 3 is 1.86 bits per heavy atom. The number of nitrogens with one attached hydrogen (secondary N) is 1. The third-order valence-corrected chi connectivity index (χ3v) is 5.56. The van der Waals surface area contributed by atoms with Gasteiger partial charge >= 0.3 is 0 Å². The summed E-state index contributed by atoms with van der Waals surface area (Å²) in [6, 6.07) is 18.9. The second kappa shape index (κ2) is 9.47. The summed E-state index contributed by atoms with van der Waals surface area (Å²) in [6.07, 6.45) is 0. The molecule has 0 aliphatic rings. The van der Waals surface area contributed by atoms with Gasteiger partial charge in [-0.15, -0.1) is 0 Å². The Labute approximate surface area is 177 Å². The average Bonchev–Trinajstić information content (AvgIpc) is 2.65. The van der Waals surface area contributed by atoms with Crippen molar-refractivity contribution in [3.05, 3.63) is 65.7 Å². The fourth-order valence-corrected chi connectivity index (χ4v) is 4.28. The zero-order chi connectivity index (χ0) is 21.8. The highest BCUT2D eigenvalue weighted by Crippen LogP contribution is 2.36. The monoisotopic (exact) mass is 394 g/mol. The molecule has 0 aliphatic carbocycles. The van der Waals surface area contributed by atoms with Gasteiger partial charge in [-0.25, -0.2) is 0 Å². The fraction of sp³-hybridized carbons (Fsp3) is 0.500. The van der Waals surface area contributed by atoms with Crippen LogP contribution in [0.2, 0.25) is 0 Å².